The number of carbonyl (C=O) groups excluding carboxylic acids is 1. The van der Waals surface area contributed by atoms with Crippen LogP contribution in [0.3, 0.4) is 0 Å². The second-order valence-electron chi connectivity index (χ2n) is 7.78. The SMILES string of the molecule is CC(C)(C)OC(=O)[C@H]1N[C@@H](c2ccccc2)[C@H]([N+](=O)[O-])[C@H]1c1ccccc1. The minimum Gasteiger partial charge on any atom is -0.459 e. The van der Waals surface area contributed by atoms with Crippen LogP contribution in [0.25, 0.3) is 0 Å². The number of benzene rings is 2. The van der Waals surface area contributed by atoms with Gasteiger partial charge < -0.3 is 4.74 Å². The highest BCUT2D eigenvalue weighted by Crippen LogP contribution is 2.40. The van der Waals surface area contributed by atoms with Gasteiger partial charge in [-0.1, -0.05) is 60.7 Å². The van der Waals surface area contributed by atoms with Gasteiger partial charge in [0.05, 0.1) is 5.92 Å². The van der Waals surface area contributed by atoms with Gasteiger partial charge in [0.15, 0.2) is 0 Å². The quantitative estimate of drug-likeness (QED) is 0.508. The molecule has 0 aromatic heterocycles. The van der Waals surface area contributed by atoms with Gasteiger partial charge in [-0.05, 0) is 31.9 Å². The van der Waals surface area contributed by atoms with Crippen molar-refractivity contribution in [1.29, 1.82) is 0 Å². The van der Waals surface area contributed by atoms with Crippen LogP contribution >= 0.6 is 0 Å². The third-order valence-corrected chi connectivity index (χ3v) is 4.67. The average molecular weight is 368 g/mol. The minimum atomic E-state index is -0.979. The molecule has 3 rings (SSSR count). The maximum Gasteiger partial charge on any atom is 0.324 e. The Kier molecular flexibility index (Phi) is 5.28. The number of rotatable bonds is 4. The molecule has 0 amide bonds. The van der Waals surface area contributed by atoms with Crippen molar-refractivity contribution in [3.8, 4) is 0 Å². The predicted molar refractivity (Wildman–Crippen MR) is 102 cm³/mol. The Balaban J connectivity index is 2.05. The van der Waals surface area contributed by atoms with Gasteiger partial charge in [-0.25, -0.2) is 0 Å². The Morgan fingerprint density at radius 3 is 2.00 bits per heavy atom. The highest BCUT2D eigenvalue weighted by molar-refractivity contribution is 5.78. The molecule has 1 saturated heterocycles. The molecule has 0 bridgehead atoms. The summed E-state index contributed by atoms with van der Waals surface area (Å²) >= 11 is 0. The van der Waals surface area contributed by atoms with Gasteiger partial charge in [-0.15, -0.1) is 0 Å². The van der Waals surface area contributed by atoms with Crippen LogP contribution in [0.4, 0.5) is 0 Å². The van der Waals surface area contributed by atoms with Gasteiger partial charge >= 0.3 is 5.97 Å². The van der Waals surface area contributed by atoms with Crippen LogP contribution in [0, 0.1) is 10.1 Å². The van der Waals surface area contributed by atoms with Crippen molar-refractivity contribution >= 4 is 5.97 Å². The molecule has 1 fully saturated rings. The minimum absolute atomic E-state index is 0.285. The lowest BCUT2D eigenvalue weighted by Gasteiger charge is -2.25. The normalized spacial score (nSPS) is 25.1. The van der Waals surface area contributed by atoms with Crippen molar-refractivity contribution in [1.82, 2.24) is 5.32 Å². The highest BCUT2D eigenvalue weighted by atomic mass is 16.6. The fraction of sp³-hybridized carbons (Fsp3) is 0.381. The Labute approximate surface area is 158 Å². The molecule has 2 aromatic rings. The van der Waals surface area contributed by atoms with Crippen molar-refractivity contribution in [3.05, 3.63) is 81.9 Å². The smallest absolute Gasteiger partial charge is 0.324 e. The van der Waals surface area contributed by atoms with Crippen LogP contribution in [0.2, 0.25) is 0 Å². The fourth-order valence-corrected chi connectivity index (χ4v) is 3.65. The second kappa shape index (κ2) is 7.48. The molecule has 1 aliphatic rings. The maximum atomic E-state index is 12.9. The number of esters is 1. The van der Waals surface area contributed by atoms with E-state index in [2.05, 4.69) is 5.32 Å². The van der Waals surface area contributed by atoms with E-state index in [0.717, 1.165) is 11.1 Å². The molecule has 0 radical (unpaired) electrons. The van der Waals surface area contributed by atoms with Crippen molar-refractivity contribution in [2.75, 3.05) is 0 Å². The number of hydrogen-bond acceptors (Lipinski definition) is 5. The number of nitrogens with one attached hydrogen (secondary N) is 1. The third-order valence-electron chi connectivity index (χ3n) is 4.67. The lowest BCUT2D eigenvalue weighted by Crippen LogP contribution is -2.41. The zero-order chi connectivity index (χ0) is 19.6. The summed E-state index contributed by atoms with van der Waals surface area (Å²) in [5, 5.41) is 15.2. The molecule has 142 valence electrons. The third kappa shape index (κ3) is 4.17. The Morgan fingerprint density at radius 2 is 1.52 bits per heavy atom. The lowest BCUT2D eigenvalue weighted by molar-refractivity contribution is -0.527. The zero-order valence-electron chi connectivity index (χ0n) is 15.7. The topological polar surface area (TPSA) is 81.5 Å². The molecule has 1 N–H and O–H groups in total. The molecule has 0 unspecified atom stereocenters. The molecule has 4 atom stereocenters. The molecule has 0 spiro atoms. The van der Waals surface area contributed by atoms with Gasteiger partial charge in [0, 0.05) is 4.92 Å². The summed E-state index contributed by atoms with van der Waals surface area (Å²) < 4.78 is 5.56. The summed E-state index contributed by atoms with van der Waals surface area (Å²) in [4.78, 5) is 24.6. The molecule has 1 heterocycles. The first-order valence-electron chi connectivity index (χ1n) is 9.00. The first-order chi connectivity index (χ1) is 12.8. The summed E-state index contributed by atoms with van der Waals surface area (Å²) in [5.74, 6) is -1.09. The fourth-order valence-electron chi connectivity index (χ4n) is 3.65. The van der Waals surface area contributed by atoms with E-state index in [1.54, 1.807) is 20.8 Å². The van der Waals surface area contributed by atoms with Gasteiger partial charge in [0.25, 0.3) is 0 Å². The van der Waals surface area contributed by atoms with Gasteiger partial charge in [-0.3, -0.25) is 20.2 Å². The van der Waals surface area contributed by atoms with Crippen LogP contribution < -0.4 is 5.32 Å². The van der Waals surface area contributed by atoms with Gasteiger partial charge in [0.2, 0.25) is 6.04 Å². The van der Waals surface area contributed by atoms with E-state index >= 15 is 0 Å². The molecule has 0 saturated carbocycles. The number of nitrogens with zero attached hydrogens (tertiary/aromatic N) is 1. The van der Waals surface area contributed by atoms with Crippen molar-refractivity contribution in [2.45, 2.75) is 50.4 Å². The van der Waals surface area contributed by atoms with Crippen LogP contribution in [0.15, 0.2) is 60.7 Å². The lowest BCUT2D eigenvalue weighted by atomic mass is 9.85. The molecular formula is C21H24N2O4. The van der Waals surface area contributed by atoms with E-state index in [-0.39, 0.29) is 4.92 Å². The van der Waals surface area contributed by atoms with E-state index in [0.29, 0.717) is 0 Å². The average Bonchev–Trinajstić information content (AvgIpc) is 3.03. The summed E-state index contributed by atoms with van der Waals surface area (Å²) in [6, 6.07) is 16.0. The molecule has 1 aliphatic heterocycles. The van der Waals surface area contributed by atoms with E-state index in [1.807, 2.05) is 60.7 Å². The molecular weight excluding hydrogens is 344 g/mol. The van der Waals surface area contributed by atoms with Crippen molar-refractivity contribution in [3.63, 3.8) is 0 Å². The van der Waals surface area contributed by atoms with E-state index in [1.165, 1.54) is 0 Å². The largest absolute Gasteiger partial charge is 0.459 e. The van der Waals surface area contributed by atoms with Gasteiger partial charge in [0.1, 0.15) is 17.7 Å². The maximum absolute atomic E-state index is 12.9. The Bertz CT molecular complexity index is 802. The monoisotopic (exact) mass is 368 g/mol. The number of ether oxygens (including phenoxy) is 1. The van der Waals surface area contributed by atoms with Gasteiger partial charge in [-0.2, -0.15) is 0 Å². The molecule has 2 aromatic carbocycles. The standard InChI is InChI=1S/C21H24N2O4/c1-21(2,3)27-20(24)18-16(14-10-6-4-7-11-14)19(23(25)26)17(22-18)15-12-8-5-9-13-15/h4-13,16-19,22H,1-3H3/t16-,17-,18-,19+/m0/s1. The van der Waals surface area contributed by atoms with E-state index in [4.69, 9.17) is 4.74 Å². The number of hydrogen-bond donors (Lipinski definition) is 1. The summed E-state index contributed by atoms with van der Waals surface area (Å²) in [5.41, 5.74) is 0.863. The summed E-state index contributed by atoms with van der Waals surface area (Å²) in [6.07, 6.45) is 0. The Hall–Kier alpha value is -2.73. The second-order valence-corrected chi connectivity index (χ2v) is 7.78. The predicted octanol–water partition coefficient (Wildman–Crippen LogP) is 3.47. The molecule has 27 heavy (non-hydrogen) atoms. The number of nitro groups is 1. The molecule has 6 heteroatoms. The molecule has 0 aliphatic carbocycles. The number of carbonyl (C=O) groups is 1. The molecule has 6 nitrogen and oxygen atoms in total. The van der Waals surface area contributed by atoms with Crippen LogP contribution in [0.1, 0.15) is 43.9 Å². The summed E-state index contributed by atoms with van der Waals surface area (Å²) in [7, 11) is 0. The first-order valence-corrected chi connectivity index (χ1v) is 9.00. The van der Waals surface area contributed by atoms with E-state index < -0.39 is 35.6 Å². The van der Waals surface area contributed by atoms with Crippen LogP contribution in [-0.2, 0) is 9.53 Å². The first kappa shape index (κ1) is 19.0. The summed E-state index contributed by atoms with van der Waals surface area (Å²) in [6.45, 7) is 5.37. The van der Waals surface area contributed by atoms with E-state index in [9.17, 15) is 14.9 Å². The van der Waals surface area contributed by atoms with Crippen LogP contribution in [-0.4, -0.2) is 28.6 Å². The zero-order valence-corrected chi connectivity index (χ0v) is 15.7. The van der Waals surface area contributed by atoms with Crippen molar-refractivity contribution in [2.24, 2.45) is 0 Å². The Morgan fingerprint density at radius 1 is 1.00 bits per heavy atom. The van der Waals surface area contributed by atoms with Crippen molar-refractivity contribution < 1.29 is 14.5 Å². The van der Waals surface area contributed by atoms with Crippen LogP contribution in [0.5, 0.6) is 0 Å². The highest BCUT2D eigenvalue weighted by Gasteiger charge is 2.55.